The minimum Gasteiger partial charge on any atom is -0.477 e. The Labute approximate surface area is 209 Å². The van der Waals surface area contributed by atoms with E-state index in [4.69, 9.17) is 28.4 Å². The first-order chi connectivity index (χ1) is 17.5. The largest absolute Gasteiger partial charge is 0.477 e. The molecule has 17 heteroatoms. The normalized spacial score (nSPS) is 10.6. The molecular formula is C20H16ClFN8O7. The van der Waals surface area contributed by atoms with Gasteiger partial charge in [0.25, 0.3) is 16.8 Å². The van der Waals surface area contributed by atoms with Gasteiger partial charge in [0.2, 0.25) is 0 Å². The zero-order chi connectivity index (χ0) is 27.4. The molecule has 2 aromatic heterocycles. The highest BCUT2D eigenvalue weighted by atomic mass is 35.5. The number of aromatic nitrogens is 4. The Morgan fingerprint density at radius 2 is 1.92 bits per heavy atom. The molecule has 1 amide bonds. The van der Waals surface area contributed by atoms with Crippen molar-refractivity contribution in [3.05, 3.63) is 73.2 Å². The number of nitrogens with zero attached hydrogens (tertiary/aromatic N) is 4. The van der Waals surface area contributed by atoms with Gasteiger partial charge in [0.15, 0.2) is 22.7 Å². The minimum absolute atomic E-state index is 0.0678. The fourth-order valence-corrected chi connectivity index (χ4v) is 3.07. The first-order valence-electron chi connectivity index (χ1n) is 9.85. The van der Waals surface area contributed by atoms with Gasteiger partial charge in [0.05, 0.1) is 12.8 Å². The number of nitrogens with one attached hydrogen (secondary N) is 2. The predicted molar refractivity (Wildman–Crippen MR) is 126 cm³/mol. The van der Waals surface area contributed by atoms with Crippen LogP contribution in [0.1, 0.15) is 37.0 Å². The van der Waals surface area contributed by atoms with Gasteiger partial charge in [-0.2, -0.15) is 4.52 Å². The third-order valence-electron chi connectivity index (χ3n) is 4.73. The molecule has 0 saturated carbocycles. The van der Waals surface area contributed by atoms with Gasteiger partial charge in [0.1, 0.15) is 17.2 Å². The molecule has 0 aliphatic heterocycles. The van der Waals surface area contributed by atoms with Gasteiger partial charge in [-0.1, -0.05) is 11.3 Å². The van der Waals surface area contributed by atoms with E-state index in [0.29, 0.717) is 12.1 Å². The summed E-state index contributed by atoms with van der Waals surface area (Å²) in [4.78, 5) is 61.8. The standard InChI is InChI=1S/C11H9ClFN3O2.C9H7N5O5/c12-15-4-5-1-2-6(13)7(3-5)16-9-8(14)10(17)11(9)18;1-19-9(18)4-2-3(8(16)17)11-7-5(6(10)15)12-13-14(4)7/h1-3,15-16H,4,14H2;2H,1H3,(H2,10,15)(H,16,17). The summed E-state index contributed by atoms with van der Waals surface area (Å²) >= 11 is 5.35. The summed E-state index contributed by atoms with van der Waals surface area (Å²) < 4.78 is 18.9. The summed E-state index contributed by atoms with van der Waals surface area (Å²) in [7, 11) is 1.11. The molecule has 2 heterocycles. The molecule has 0 aliphatic rings. The van der Waals surface area contributed by atoms with Gasteiger partial charge in [-0.3, -0.25) is 14.4 Å². The quantitative estimate of drug-likeness (QED) is 0.116. The van der Waals surface area contributed by atoms with Crippen LogP contribution in [0.15, 0.2) is 33.9 Å². The Hall–Kier alpha value is -4.96. The van der Waals surface area contributed by atoms with Gasteiger partial charge < -0.3 is 26.6 Å². The fraction of sp³-hybridized carbons (Fsp3) is 0.100. The lowest BCUT2D eigenvalue weighted by molar-refractivity contribution is 0.0590. The number of aromatic carboxylic acids is 1. The van der Waals surface area contributed by atoms with Gasteiger partial charge >= 0.3 is 11.9 Å². The van der Waals surface area contributed by atoms with E-state index in [1.807, 2.05) is 0 Å². The number of ether oxygens (including phenoxy) is 1. The van der Waals surface area contributed by atoms with E-state index in [1.165, 1.54) is 12.1 Å². The van der Waals surface area contributed by atoms with Crippen LogP contribution in [0.25, 0.3) is 5.65 Å². The molecule has 0 fully saturated rings. The van der Waals surface area contributed by atoms with Crippen molar-refractivity contribution in [2.24, 2.45) is 5.73 Å². The number of hydrogen-bond donors (Lipinski definition) is 5. The summed E-state index contributed by atoms with van der Waals surface area (Å²) in [5.41, 5.74) is 8.16. The molecule has 4 aromatic rings. The molecule has 2 aromatic carbocycles. The fourth-order valence-electron chi connectivity index (χ4n) is 2.92. The molecule has 37 heavy (non-hydrogen) atoms. The first kappa shape index (κ1) is 26.6. The number of benzene rings is 1. The van der Waals surface area contributed by atoms with Gasteiger partial charge in [-0.05, 0) is 29.5 Å². The summed E-state index contributed by atoms with van der Waals surface area (Å²) in [6.45, 7) is 0.331. The van der Waals surface area contributed by atoms with Crippen molar-refractivity contribution in [3.63, 3.8) is 0 Å². The van der Waals surface area contributed by atoms with Crippen molar-refractivity contribution in [1.82, 2.24) is 24.6 Å². The van der Waals surface area contributed by atoms with Crippen molar-refractivity contribution >= 4 is 52.3 Å². The van der Waals surface area contributed by atoms with Crippen molar-refractivity contribution in [2.45, 2.75) is 6.54 Å². The molecule has 0 spiro atoms. The maximum Gasteiger partial charge on any atom is 0.356 e. The average Bonchev–Trinajstić information content (AvgIpc) is 3.32. The maximum atomic E-state index is 13.5. The van der Waals surface area contributed by atoms with Gasteiger partial charge in [0, 0.05) is 12.6 Å². The molecule has 4 rings (SSSR count). The zero-order valence-electron chi connectivity index (χ0n) is 18.6. The number of carboxylic acid groups (broad SMARTS) is 1. The summed E-state index contributed by atoms with van der Waals surface area (Å²) in [5, 5.41) is 18.4. The van der Waals surface area contributed by atoms with E-state index in [1.54, 1.807) is 6.07 Å². The summed E-state index contributed by atoms with van der Waals surface area (Å²) in [6.07, 6.45) is 0. The average molecular weight is 535 g/mol. The molecule has 0 unspecified atom stereocenters. The zero-order valence-corrected chi connectivity index (χ0v) is 19.4. The van der Waals surface area contributed by atoms with Crippen LogP contribution in [0.4, 0.5) is 21.5 Å². The lowest BCUT2D eigenvalue weighted by atomic mass is 10.1. The number of nitrogens with two attached hydrogens (primary N) is 2. The third-order valence-corrected chi connectivity index (χ3v) is 4.86. The lowest BCUT2D eigenvalue weighted by Crippen LogP contribution is -2.36. The highest BCUT2D eigenvalue weighted by Crippen LogP contribution is 2.22. The van der Waals surface area contributed by atoms with Gasteiger partial charge in [-0.15, -0.1) is 5.10 Å². The molecule has 0 aliphatic carbocycles. The van der Waals surface area contributed by atoms with E-state index in [9.17, 15) is 28.4 Å². The number of esters is 1. The monoisotopic (exact) mass is 534 g/mol. The molecule has 0 saturated heterocycles. The van der Waals surface area contributed by atoms with Crippen molar-refractivity contribution < 1.29 is 28.6 Å². The lowest BCUT2D eigenvalue weighted by Gasteiger charge is -2.11. The highest BCUT2D eigenvalue weighted by molar-refractivity contribution is 6.13. The Morgan fingerprint density at radius 1 is 1.22 bits per heavy atom. The van der Waals surface area contributed by atoms with Crippen LogP contribution in [0.5, 0.6) is 0 Å². The second kappa shape index (κ2) is 10.8. The third kappa shape index (κ3) is 5.34. The van der Waals surface area contributed by atoms with E-state index >= 15 is 0 Å². The minimum atomic E-state index is -1.38. The van der Waals surface area contributed by atoms with E-state index in [2.05, 4.69) is 30.2 Å². The highest BCUT2D eigenvalue weighted by Gasteiger charge is 2.23. The molecule has 0 atom stereocenters. The van der Waals surface area contributed by atoms with Crippen LogP contribution in [-0.4, -0.2) is 49.9 Å². The molecule has 192 valence electrons. The molecule has 7 N–H and O–H groups in total. The Kier molecular flexibility index (Phi) is 7.74. The number of fused-ring (bicyclic) bond motifs is 1. The Balaban J connectivity index is 0.000000206. The van der Waals surface area contributed by atoms with Crippen LogP contribution in [-0.2, 0) is 11.3 Å². The number of nitrogen functional groups attached to an aromatic ring is 1. The molecule has 0 radical (unpaired) electrons. The number of amides is 1. The molecule has 0 bridgehead atoms. The SMILES string of the molecule is COC(=O)c1cc(C(=O)O)nc2c(C(N)=O)nnn12.Nc1c(Nc2cc(CNCl)ccc2F)c(=O)c1=O. The smallest absolute Gasteiger partial charge is 0.356 e. The number of anilines is 3. The number of carbonyl (C=O) groups excluding carboxylic acids is 2. The second-order valence-electron chi connectivity index (χ2n) is 7.06. The van der Waals surface area contributed by atoms with Crippen LogP contribution in [0.2, 0.25) is 0 Å². The van der Waals surface area contributed by atoms with E-state index in [-0.39, 0.29) is 34.1 Å². The number of carboxylic acids is 1. The van der Waals surface area contributed by atoms with Crippen molar-refractivity contribution in [2.75, 3.05) is 18.2 Å². The summed E-state index contributed by atoms with van der Waals surface area (Å²) in [5.74, 6) is -3.73. The maximum absolute atomic E-state index is 13.5. The van der Waals surface area contributed by atoms with Crippen LogP contribution >= 0.6 is 11.8 Å². The predicted octanol–water partition coefficient (Wildman–Crippen LogP) is -0.301. The van der Waals surface area contributed by atoms with Gasteiger partial charge in [-0.25, -0.2) is 23.8 Å². The van der Waals surface area contributed by atoms with Crippen LogP contribution in [0, 0.1) is 5.82 Å². The van der Waals surface area contributed by atoms with Crippen molar-refractivity contribution in [3.8, 4) is 0 Å². The molecule has 15 nitrogen and oxygen atoms in total. The van der Waals surface area contributed by atoms with E-state index in [0.717, 1.165) is 17.7 Å². The first-order valence-corrected chi connectivity index (χ1v) is 10.2. The second-order valence-corrected chi connectivity index (χ2v) is 7.32. The number of hydrogen-bond acceptors (Lipinski definition) is 12. The number of halogens is 2. The van der Waals surface area contributed by atoms with Crippen molar-refractivity contribution in [1.29, 1.82) is 0 Å². The topological polar surface area (TPSA) is 234 Å². The summed E-state index contributed by atoms with van der Waals surface area (Å²) in [6, 6.07) is 5.21. The number of methoxy groups -OCH3 is 1. The van der Waals surface area contributed by atoms with E-state index < -0.39 is 40.2 Å². The van der Waals surface area contributed by atoms with Crippen LogP contribution in [0.3, 0.4) is 0 Å². The number of carbonyl (C=O) groups is 3. The Bertz CT molecular complexity index is 1610. The van der Waals surface area contributed by atoms with Crippen LogP contribution < -0.4 is 32.5 Å². The number of primary amides is 1. The molecular weight excluding hydrogens is 519 g/mol. The Morgan fingerprint density at radius 3 is 2.49 bits per heavy atom. The number of rotatable bonds is 7.